The summed E-state index contributed by atoms with van der Waals surface area (Å²) in [5.74, 6) is 0.356. The standard InChI is InChI=1S/C12H17N3O/c1-3-15-5-4-9-6-10(8(2)16)12(13)14-11(9)7-15/h6H,3-5,7H2,1-2H3,(H2,13,14). The molecule has 4 nitrogen and oxygen atoms in total. The van der Waals surface area contributed by atoms with Crippen LogP contribution >= 0.6 is 0 Å². The third kappa shape index (κ3) is 1.93. The number of anilines is 1. The molecule has 2 N–H and O–H groups in total. The smallest absolute Gasteiger partial charge is 0.163 e. The number of hydrogen-bond acceptors (Lipinski definition) is 4. The summed E-state index contributed by atoms with van der Waals surface area (Å²) in [6.07, 6.45) is 0.955. The van der Waals surface area contributed by atoms with Gasteiger partial charge in [-0.1, -0.05) is 6.92 Å². The van der Waals surface area contributed by atoms with Crippen LogP contribution in [0.3, 0.4) is 0 Å². The number of likely N-dealkylation sites (N-methyl/N-ethyl adjacent to an activating group) is 1. The van der Waals surface area contributed by atoms with Gasteiger partial charge in [0, 0.05) is 13.1 Å². The van der Waals surface area contributed by atoms with E-state index in [0.717, 1.165) is 31.7 Å². The molecule has 0 radical (unpaired) electrons. The Morgan fingerprint density at radius 3 is 3.00 bits per heavy atom. The lowest BCUT2D eigenvalue weighted by atomic mass is 10.0. The maximum absolute atomic E-state index is 11.3. The number of nitrogen functional groups attached to an aromatic ring is 1. The number of nitrogens with zero attached hydrogens (tertiary/aromatic N) is 2. The Morgan fingerprint density at radius 2 is 2.38 bits per heavy atom. The lowest BCUT2D eigenvalue weighted by Gasteiger charge is -2.27. The Bertz CT molecular complexity index is 429. The number of aromatic nitrogens is 1. The van der Waals surface area contributed by atoms with Crippen molar-refractivity contribution in [3.63, 3.8) is 0 Å². The quantitative estimate of drug-likeness (QED) is 0.760. The molecule has 16 heavy (non-hydrogen) atoms. The van der Waals surface area contributed by atoms with Gasteiger partial charge in [0.2, 0.25) is 0 Å². The summed E-state index contributed by atoms with van der Waals surface area (Å²) in [7, 11) is 0. The molecular formula is C12H17N3O. The van der Waals surface area contributed by atoms with Crippen molar-refractivity contribution in [2.45, 2.75) is 26.8 Å². The van der Waals surface area contributed by atoms with Gasteiger partial charge in [0.1, 0.15) is 5.82 Å². The van der Waals surface area contributed by atoms with E-state index in [9.17, 15) is 4.79 Å². The number of nitrogens with two attached hydrogens (primary N) is 1. The average Bonchev–Trinajstić information content (AvgIpc) is 2.27. The van der Waals surface area contributed by atoms with E-state index in [2.05, 4.69) is 16.8 Å². The monoisotopic (exact) mass is 219 g/mol. The summed E-state index contributed by atoms with van der Waals surface area (Å²) in [6, 6.07) is 1.91. The Labute approximate surface area is 95.5 Å². The maximum Gasteiger partial charge on any atom is 0.163 e. The average molecular weight is 219 g/mol. The van der Waals surface area contributed by atoms with Crippen LogP contribution < -0.4 is 5.73 Å². The Kier molecular flexibility index (Phi) is 2.92. The number of carbonyl (C=O) groups is 1. The molecule has 0 saturated heterocycles. The number of hydrogen-bond donors (Lipinski definition) is 1. The third-order valence-corrected chi connectivity index (χ3v) is 3.12. The molecule has 0 saturated carbocycles. The van der Waals surface area contributed by atoms with Crippen LogP contribution in [0.5, 0.6) is 0 Å². The van der Waals surface area contributed by atoms with Crippen LogP contribution in [-0.2, 0) is 13.0 Å². The second kappa shape index (κ2) is 4.22. The molecule has 1 aromatic rings. The minimum atomic E-state index is -0.00859. The molecule has 1 aromatic heterocycles. The minimum absolute atomic E-state index is 0.00859. The number of rotatable bonds is 2. The second-order valence-electron chi connectivity index (χ2n) is 4.20. The van der Waals surface area contributed by atoms with Crippen LogP contribution in [0.2, 0.25) is 0 Å². The van der Waals surface area contributed by atoms with Crippen LogP contribution in [0.15, 0.2) is 6.07 Å². The Morgan fingerprint density at radius 1 is 1.62 bits per heavy atom. The van der Waals surface area contributed by atoms with Gasteiger partial charge in [-0.3, -0.25) is 9.69 Å². The van der Waals surface area contributed by atoms with Gasteiger partial charge in [-0.2, -0.15) is 0 Å². The zero-order valence-electron chi connectivity index (χ0n) is 9.79. The summed E-state index contributed by atoms with van der Waals surface area (Å²) < 4.78 is 0. The molecule has 4 heteroatoms. The van der Waals surface area contributed by atoms with Crippen molar-refractivity contribution in [1.82, 2.24) is 9.88 Å². The zero-order chi connectivity index (χ0) is 11.7. The molecule has 0 aliphatic carbocycles. The molecule has 0 spiro atoms. The summed E-state index contributed by atoms with van der Waals surface area (Å²) in [5.41, 5.74) is 8.54. The van der Waals surface area contributed by atoms with Crippen molar-refractivity contribution in [2.24, 2.45) is 0 Å². The lowest BCUT2D eigenvalue weighted by molar-refractivity contribution is 0.101. The molecule has 0 amide bonds. The summed E-state index contributed by atoms with van der Waals surface area (Å²) >= 11 is 0. The molecule has 2 heterocycles. The third-order valence-electron chi connectivity index (χ3n) is 3.12. The molecule has 1 aliphatic rings. The highest BCUT2D eigenvalue weighted by atomic mass is 16.1. The first kappa shape index (κ1) is 11.1. The van der Waals surface area contributed by atoms with E-state index in [-0.39, 0.29) is 5.78 Å². The van der Waals surface area contributed by atoms with Gasteiger partial charge in [-0.05, 0) is 31.5 Å². The first-order chi connectivity index (χ1) is 7.61. The van der Waals surface area contributed by atoms with Crippen LogP contribution in [0.1, 0.15) is 35.5 Å². The van der Waals surface area contributed by atoms with Crippen molar-refractivity contribution < 1.29 is 4.79 Å². The number of ketones is 1. The van der Waals surface area contributed by atoms with E-state index in [1.807, 2.05) is 6.07 Å². The number of carbonyl (C=O) groups excluding carboxylic acids is 1. The van der Waals surface area contributed by atoms with Crippen molar-refractivity contribution >= 4 is 11.6 Å². The van der Waals surface area contributed by atoms with Gasteiger partial charge >= 0.3 is 0 Å². The van der Waals surface area contributed by atoms with Crippen molar-refractivity contribution in [3.8, 4) is 0 Å². The van der Waals surface area contributed by atoms with Gasteiger partial charge < -0.3 is 5.73 Å². The second-order valence-corrected chi connectivity index (χ2v) is 4.20. The SMILES string of the molecule is CCN1CCc2cc(C(C)=O)c(N)nc2C1. The fourth-order valence-electron chi connectivity index (χ4n) is 2.08. The van der Waals surface area contributed by atoms with E-state index in [1.165, 1.54) is 12.5 Å². The first-order valence-corrected chi connectivity index (χ1v) is 5.63. The molecule has 0 aromatic carbocycles. The van der Waals surface area contributed by atoms with Crippen LogP contribution in [0, 0.1) is 0 Å². The van der Waals surface area contributed by atoms with Gasteiger partial charge in [-0.25, -0.2) is 4.98 Å². The Balaban J connectivity index is 2.38. The highest BCUT2D eigenvalue weighted by molar-refractivity contribution is 5.98. The van der Waals surface area contributed by atoms with E-state index < -0.39 is 0 Å². The molecule has 0 atom stereocenters. The van der Waals surface area contributed by atoms with Crippen LogP contribution in [-0.4, -0.2) is 28.8 Å². The molecule has 0 bridgehead atoms. The topological polar surface area (TPSA) is 59.2 Å². The van der Waals surface area contributed by atoms with Gasteiger partial charge in [-0.15, -0.1) is 0 Å². The predicted molar refractivity (Wildman–Crippen MR) is 63.3 cm³/mol. The first-order valence-electron chi connectivity index (χ1n) is 5.63. The molecule has 0 fully saturated rings. The molecule has 0 unspecified atom stereocenters. The molecule has 1 aliphatic heterocycles. The fourth-order valence-corrected chi connectivity index (χ4v) is 2.08. The van der Waals surface area contributed by atoms with E-state index >= 15 is 0 Å². The van der Waals surface area contributed by atoms with E-state index in [4.69, 9.17) is 5.73 Å². The van der Waals surface area contributed by atoms with E-state index in [0.29, 0.717) is 11.4 Å². The Hall–Kier alpha value is -1.42. The minimum Gasteiger partial charge on any atom is -0.383 e. The summed E-state index contributed by atoms with van der Waals surface area (Å²) in [4.78, 5) is 18.0. The summed E-state index contributed by atoms with van der Waals surface area (Å²) in [6.45, 7) is 6.56. The van der Waals surface area contributed by atoms with Gasteiger partial charge in [0.25, 0.3) is 0 Å². The van der Waals surface area contributed by atoms with Crippen LogP contribution in [0.25, 0.3) is 0 Å². The van der Waals surface area contributed by atoms with Crippen molar-refractivity contribution in [3.05, 3.63) is 22.9 Å². The largest absolute Gasteiger partial charge is 0.383 e. The van der Waals surface area contributed by atoms with E-state index in [1.54, 1.807) is 0 Å². The van der Waals surface area contributed by atoms with Gasteiger partial charge in [0.15, 0.2) is 5.78 Å². The summed E-state index contributed by atoms with van der Waals surface area (Å²) in [5, 5.41) is 0. The molecular weight excluding hydrogens is 202 g/mol. The molecule has 2 rings (SSSR count). The fraction of sp³-hybridized carbons (Fsp3) is 0.500. The molecule has 86 valence electrons. The number of fused-ring (bicyclic) bond motifs is 1. The lowest BCUT2D eigenvalue weighted by Crippen LogP contribution is -2.31. The van der Waals surface area contributed by atoms with Gasteiger partial charge in [0.05, 0.1) is 11.3 Å². The normalized spacial score (nSPS) is 15.9. The highest BCUT2D eigenvalue weighted by Gasteiger charge is 2.19. The highest BCUT2D eigenvalue weighted by Crippen LogP contribution is 2.21. The van der Waals surface area contributed by atoms with Crippen molar-refractivity contribution in [1.29, 1.82) is 0 Å². The predicted octanol–water partition coefficient (Wildman–Crippen LogP) is 1.24. The number of Topliss-reactive ketones (excluding diaryl/α,β-unsaturated/α-hetero) is 1. The number of pyridine rings is 1. The van der Waals surface area contributed by atoms with Crippen molar-refractivity contribution in [2.75, 3.05) is 18.8 Å². The van der Waals surface area contributed by atoms with Crippen LogP contribution in [0.4, 0.5) is 5.82 Å². The zero-order valence-corrected chi connectivity index (χ0v) is 9.79. The maximum atomic E-state index is 11.3.